The lowest BCUT2D eigenvalue weighted by atomic mass is 9.81. The number of hydrogen-bond donors (Lipinski definition) is 1. The number of anilines is 2. The SMILES string of the molecule is CCOC1CCN(c2nc(-c3c(C)ccc4n[nH]c(C)c34)nc3c2CN(c2c(F)c(C4CC4)nn2C)CC3)CC1(C)C. The van der Waals surface area contributed by atoms with Crippen LogP contribution in [-0.2, 0) is 24.8 Å². The van der Waals surface area contributed by atoms with Crippen molar-refractivity contribution in [2.75, 3.05) is 36.0 Å². The molecule has 1 atom stereocenters. The zero-order valence-electron chi connectivity index (χ0n) is 25.6. The number of ether oxygens (including phenoxy) is 1. The summed E-state index contributed by atoms with van der Waals surface area (Å²) in [4.78, 5) is 15.1. The van der Waals surface area contributed by atoms with Gasteiger partial charge in [0.15, 0.2) is 17.5 Å². The zero-order valence-corrected chi connectivity index (χ0v) is 25.6. The van der Waals surface area contributed by atoms with Crippen LogP contribution in [0.3, 0.4) is 0 Å². The van der Waals surface area contributed by atoms with Crippen LogP contribution in [0.4, 0.5) is 16.0 Å². The molecule has 0 radical (unpaired) electrons. The van der Waals surface area contributed by atoms with Gasteiger partial charge < -0.3 is 14.5 Å². The smallest absolute Gasteiger partial charge is 0.188 e. The van der Waals surface area contributed by atoms with Gasteiger partial charge in [0, 0.05) is 79.8 Å². The molecule has 3 aliphatic rings. The lowest BCUT2D eigenvalue weighted by Crippen LogP contribution is -2.50. The second-order valence-electron chi connectivity index (χ2n) is 13.0. The van der Waals surface area contributed by atoms with Crippen molar-refractivity contribution in [3.63, 3.8) is 0 Å². The monoisotopic (exact) mass is 572 g/mol. The molecule has 10 heteroatoms. The maximum absolute atomic E-state index is 15.7. The Morgan fingerprint density at radius 3 is 2.64 bits per heavy atom. The average molecular weight is 573 g/mol. The van der Waals surface area contributed by atoms with E-state index in [9.17, 15) is 0 Å². The molecule has 0 amide bonds. The van der Waals surface area contributed by atoms with Gasteiger partial charge in [0.05, 0.1) is 17.3 Å². The standard InChI is InChI=1S/C32H41FN8O/c1-7-42-24-13-15-41(17-32(24,4)5)30-21-16-40(31-27(33)28(20-9-10-20)38-39(31)6)14-12-22(21)34-29(35-30)25-18(2)8-11-23-26(25)19(3)36-37-23/h8,11,20,24H,7,9-10,12-17H2,1-6H3,(H,36,37). The van der Waals surface area contributed by atoms with E-state index >= 15 is 4.39 Å². The number of H-pyrrole nitrogens is 1. The normalized spacial score (nSPS) is 20.4. The Morgan fingerprint density at radius 2 is 1.90 bits per heavy atom. The maximum Gasteiger partial charge on any atom is 0.188 e. The molecular formula is C32H41FN8O. The third kappa shape index (κ3) is 4.46. The van der Waals surface area contributed by atoms with Crippen molar-refractivity contribution in [2.24, 2.45) is 12.5 Å². The summed E-state index contributed by atoms with van der Waals surface area (Å²) in [6.45, 7) is 14.4. The molecule has 3 aromatic heterocycles. The minimum Gasteiger partial charge on any atom is -0.378 e. The van der Waals surface area contributed by atoms with Gasteiger partial charge in [-0.1, -0.05) is 19.9 Å². The molecular weight excluding hydrogens is 531 g/mol. The van der Waals surface area contributed by atoms with E-state index in [0.29, 0.717) is 37.6 Å². The molecule has 42 heavy (non-hydrogen) atoms. The fraction of sp³-hybridized carbons (Fsp3) is 0.562. The van der Waals surface area contributed by atoms with Crippen LogP contribution in [0.2, 0.25) is 0 Å². The quantitative estimate of drug-likeness (QED) is 0.322. The molecule has 2 fully saturated rings. The van der Waals surface area contributed by atoms with Crippen LogP contribution in [-0.4, -0.2) is 62.3 Å². The van der Waals surface area contributed by atoms with Crippen molar-refractivity contribution in [3.05, 3.63) is 46.2 Å². The predicted octanol–water partition coefficient (Wildman–Crippen LogP) is 5.59. The fourth-order valence-electron chi connectivity index (χ4n) is 7.11. The minimum atomic E-state index is -0.168. The van der Waals surface area contributed by atoms with Crippen LogP contribution < -0.4 is 9.80 Å². The van der Waals surface area contributed by atoms with Crippen LogP contribution in [0.5, 0.6) is 0 Å². The lowest BCUT2D eigenvalue weighted by molar-refractivity contribution is -0.0310. The van der Waals surface area contributed by atoms with Crippen LogP contribution in [0, 0.1) is 25.1 Å². The average Bonchev–Trinajstić information content (AvgIpc) is 3.67. The Morgan fingerprint density at radius 1 is 1.10 bits per heavy atom. The van der Waals surface area contributed by atoms with Crippen LogP contribution in [0.25, 0.3) is 22.3 Å². The minimum absolute atomic E-state index is 0.0506. The number of nitrogens with zero attached hydrogens (tertiary/aromatic N) is 7. The zero-order chi connectivity index (χ0) is 29.3. The number of aromatic nitrogens is 6. The first-order valence-corrected chi connectivity index (χ1v) is 15.3. The topological polar surface area (TPSA) is 88.0 Å². The van der Waals surface area contributed by atoms with E-state index in [4.69, 9.17) is 14.7 Å². The van der Waals surface area contributed by atoms with Gasteiger partial charge in [-0.05, 0) is 51.7 Å². The van der Waals surface area contributed by atoms with Crippen molar-refractivity contribution >= 4 is 22.5 Å². The highest BCUT2D eigenvalue weighted by molar-refractivity contribution is 5.96. The molecule has 0 bridgehead atoms. The summed E-state index contributed by atoms with van der Waals surface area (Å²) in [5.41, 5.74) is 6.76. The van der Waals surface area contributed by atoms with E-state index in [2.05, 4.69) is 65.8 Å². The molecule has 1 aliphatic carbocycles. The first-order chi connectivity index (χ1) is 20.2. The fourth-order valence-corrected chi connectivity index (χ4v) is 7.11. The molecule has 1 saturated carbocycles. The molecule has 4 aromatic rings. The van der Waals surface area contributed by atoms with Gasteiger partial charge in [-0.25, -0.2) is 19.0 Å². The van der Waals surface area contributed by atoms with Gasteiger partial charge in [-0.2, -0.15) is 10.2 Å². The molecule has 1 unspecified atom stereocenters. The van der Waals surface area contributed by atoms with E-state index in [1.807, 2.05) is 13.1 Å². The summed E-state index contributed by atoms with van der Waals surface area (Å²) < 4.78 is 23.6. The number of rotatable bonds is 6. The summed E-state index contributed by atoms with van der Waals surface area (Å²) in [6.07, 6.45) is 3.87. The first kappa shape index (κ1) is 27.3. The van der Waals surface area contributed by atoms with E-state index in [1.165, 1.54) is 0 Å². The first-order valence-electron chi connectivity index (χ1n) is 15.3. The molecule has 222 valence electrons. The van der Waals surface area contributed by atoms with E-state index < -0.39 is 0 Å². The number of aromatic amines is 1. The second-order valence-corrected chi connectivity index (χ2v) is 13.0. The summed E-state index contributed by atoms with van der Waals surface area (Å²) in [6, 6.07) is 4.15. The van der Waals surface area contributed by atoms with Crippen LogP contribution in [0.15, 0.2) is 12.1 Å². The van der Waals surface area contributed by atoms with E-state index in [0.717, 1.165) is 83.0 Å². The third-order valence-corrected chi connectivity index (χ3v) is 9.42. The molecule has 0 spiro atoms. The number of fused-ring (bicyclic) bond motifs is 2. The Balaban J connectivity index is 1.35. The number of halogens is 1. The Hall–Kier alpha value is -3.53. The predicted molar refractivity (Wildman–Crippen MR) is 163 cm³/mol. The van der Waals surface area contributed by atoms with Crippen LogP contribution in [0.1, 0.15) is 74.2 Å². The highest BCUT2D eigenvalue weighted by Gasteiger charge is 2.39. The second kappa shape index (κ2) is 10.0. The Labute approximate surface area is 246 Å². The molecule has 1 saturated heterocycles. The van der Waals surface area contributed by atoms with Crippen molar-refractivity contribution in [1.82, 2.24) is 29.9 Å². The molecule has 1 N–H and O–H groups in total. The molecule has 7 rings (SSSR count). The Bertz CT molecular complexity index is 1670. The number of hydrogen-bond acceptors (Lipinski definition) is 7. The third-order valence-electron chi connectivity index (χ3n) is 9.42. The maximum atomic E-state index is 15.7. The van der Waals surface area contributed by atoms with Crippen molar-refractivity contribution in [3.8, 4) is 11.4 Å². The largest absolute Gasteiger partial charge is 0.378 e. The van der Waals surface area contributed by atoms with Gasteiger partial charge in [-0.15, -0.1) is 0 Å². The highest BCUT2D eigenvalue weighted by atomic mass is 19.1. The number of piperidine rings is 1. The van der Waals surface area contributed by atoms with Gasteiger partial charge in [0.2, 0.25) is 0 Å². The van der Waals surface area contributed by atoms with Gasteiger partial charge in [0.1, 0.15) is 11.5 Å². The molecule has 9 nitrogen and oxygen atoms in total. The number of benzene rings is 1. The molecule has 2 aliphatic heterocycles. The summed E-state index contributed by atoms with van der Waals surface area (Å²) >= 11 is 0. The number of nitrogens with one attached hydrogen (secondary N) is 1. The van der Waals surface area contributed by atoms with E-state index in [-0.39, 0.29) is 23.3 Å². The summed E-state index contributed by atoms with van der Waals surface area (Å²) in [7, 11) is 1.86. The lowest BCUT2D eigenvalue weighted by Gasteiger charge is -2.45. The van der Waals surface area contributed by atoms with Crippen LogP contribution >= 0.6 is 0 Å². The van der Waals surface area contributed by atoms with E-state index in [1.54, 1.807) is 4.68 Å². The van der Waals surface area contributed by atoms with Gasteiger partial charge in [-0.3, -0.25) is 5.10 Å². The Kier molecular flexibility index (Phi) is 6.53. The van der Waals surface area contributed by atoms with Crippen molar-refractivity contribution in [2.45, 2.75) is 78.9 Å². The summed E-state index contributed by atoms with van der Waals surface area (Å²) in [5, 5.41) is 13.3. The van der Waals surface area contributed by atoms with Gasteiger partial charge in [0.25, 0.3) is 0 Å². The molecule has 1 aromatic carbocycles. The highest BCUT2D eigenvalue weighted by Crippen LogP contribution is 2.44. The van der Waals surface area contributed by atoms with Crippen molar-refractivity contribution < 1.29 is 9.13 Å². The summed E-state index contributed by atoms with van der Waals surface area (Å²) in [5.74, 6) is 2.35. The van der Waals surface area contributed by atoms with Gasteiger partial charge >= 0.3 is 0 Å². The molecule has 5 heterocycles. The van der Waals surface area contributed by atoms with Crippen molar-refractivity contribution in [1.29, 1.82) is 0 Å². The number of aryl methyl sites for hydroxylation is 3.